The van der Waals surface area contributed by atoms with Gasteiger partial charge in [0.25, 0.3) is 0 Å². The topological polar surface area (TPSA) is 74.8 Å². The summed E-state index contributed by atoms with van der Waals surface area (Å²) in [5.41, 5.74) is 2.23. The molecule has 3 N–H and O–H groups in total. The smallest absolute Gasteiger partial charge is 0.222 e. The fraction of sp³-hybridized carbons (Fsp3) is 0.619. The summed E-state index contributed by atoms with van der Waals surface area (Å²) in [6.07, 6.45) is 1.13. The van der Waals surface area contributed by atoms with Gasteiger partial charge in [0.2, 0.25) is 5.91 Å². The fourth-order valence-corrected chi connectivity index (χ4v) is 2.28. The number of hydrogen-bond acceptors (Lipinski definition) is 3. The molecule has 0 radical (unpaired) electrons. The molecule has 0 fully saturated rings. The van der Waals surface area contributed by atoms with Crippen molar-refractivity contribution in [3.8, 4) is 5.75 Å². The first-order chi connectivity index (χ1) is 12.9. The lowest BCUT2D eigenvalue weighted by atomic mass is 10.1. The molecule has 0 bridgehead atoms. The molecule has 6 nitrogen and oxygen atoms in total. The van der Waals surface area contributed by atoms with E-state index in [-0.39, 0.29) is 17.9 Å². The lowest BCUT2D eigenvalue weighted by Crippen LogP contribution is -2.42. The highest BCUT2D eigenvalue weighted by molar-refractivity contribution is 5.80. The van der Waals surface area contributed by atoms with Crippen molar-refractivity contribution in [3.05, 3.63) is 29.3 Å². The second kappa shape index (κ2) is 12.2. The highest BCUT2D eigenvalue weighted by atomic mass is 16.5. The molecule has 27 heavy (non-hydrogen) atoms. The van der Waals surface area contributed by atoms with Gasteiger partial charge in [-0.25, -0.2) is 4.99 Å². The summed E-state index contributed by atoms with van der Waals surface area (Å²) in [5.74, 6) is 1.68. The lowest BCUT2D eigenvalue weighted by molar-refractivity contribution is -0.123. The molecule has 1 amide bonds. The summed E-state index contributed by atoms with van der Waals surface area (Å²) in [5, 5.41) is 9.38. The third-order valence-electron chi connectivity index (χ3n) is 4.12. The van der Waals surface area contributed by atoms with E-state index >= 15 is 0 Å². The van der Waals surface area contributed by atoms with Crippen molar-refractivity contribution in [2.75, 3.05) is 19.6 Å². The van der Waals surface area contributed by atoms with Crippen molar-refractivity contribution in [1.82, 2.24) is 16.0 Å². The summed E-state index contributed by atoms with van der Waals surface area (Å²) in [6.45, 7) is 14.5. The molecule has 0 aromatic heterocycles. The highest BCUT2D eigenvalue weighted by Gasteiger charge is 2.09. The van der Waals surface area contributed by atoms with E-state index in [9.17, 15) is 4.79 Å². The Labute approximate surface area is 164 Å². The van der Waals surface area contributed by atoms with Crippen molar-refractivity contribution in [3.63, 3.8) is 0 Å². The monoisotopic (exact) mass is 376 g/mol. The normalized spacial score (nSPS) is 12.6. The van der Waals surface area contributed by atoms with Crippen molar-refractivity contribution in [2.24, 2.45) is 10.9 Å². The van der Waals surface area contributed by atoms with E-state index in [1.165, 1.54) is 5.56 Å². The summed E-state index contributed by atoms with van der Waals surface area (Å²) >= 11 is 0. The number of ether oxygens (including phenoxy) is 1. The molecule has 1 aromatic rings. The first kappa shape index (κ1) is 22.8. The Kier molecular flexibility index (Phi) is 10.3. The minimum atomic E-state index is -0.00243. The van der Waals surface area contributed by atoms with Crippen LogP contribution in [0.4, 0.5) is 0 Å². The minimum absolute atomic E-state index is 0.00243. The summed E-state index contributed by atoms with van der Waals surface area (Å²) < 4.78 is 6.06. The SMILES string of the molecule is CCNC(=NCc1ccc(C)cc1OC(C)CC)NCCNC(=O)C(C)C. The van der Waals surface area contributed by atoms with E-state index in [2.05, 4.69) is 59.9 Å². The van der Waals surface area contributed by atoms with E-state index in [1.54, 1.807) is 0 Å². The first-order valence-corrected chi connectivity index (χ1v) is 9.93. The Morgan fingerprint density at radius 2 is 1.81 bits per heavy atom. The van der Waals surface area contributed by atoms with Gasteiger partial charge in [0.15, 0.2) is 5.96 Å². The number of nitrogens with zero attached hydrogens (tertiary/aromatic N) is 1. The van der Waals surface area contributed by atoms with Crippen molar-refractivity contribution < 1.29 is 9.53 Å². The van der Waals surface area contributed by atoms with Gasteiger partial charge in [-0.1, -0.05) is 32.9 Å². The maximum absolute atomic E-state index is 11.6. The quantitative estimate of drug-likeness (QED) is 0.333. The molecule has 152 valence electrons. The van der Waals surface area contributed by atoms with Crippen molar-refractivity contribution in [1.29, 1.82) is 0 Å². The number of hydrogen-bond donors (Lipinski definition) is 3. The number of carbonyl (C=O) groups is 1. The molecule has 0 saturated carbocycles. The number of aryl methyl sites for hydroxylation is 1. The predicted octanol–water partition coefficient (Wildman–Crippen LogP) is 3.00. The maximum Gasteiger partial charge on any atom is 0.222 e. The second-order valence-corrected chi connectivity index (χ2v) is 7.02. The van der Waals surface area contributed by atoms with E-state index in [0.29, 0.717) is 19.6 Å². The molecule has 1 rings (SSSR count). The summed E-state index contributed by atoms with van der Waals surface area (Å²) in [6, 6.07) is 6.22. The number of guanidine groups is 1. The molecular weight excluding hydrogens is 340 g/mol. The standard InChI is InChI=1S/C21H36N4O2/c1-7-17(6)27-19-13-16(5)9-10-18(19)14-25-21(22-8-2)24-12-11-23-20(26)15(3)4/h9-10,13,15,17H,7-8,11-12,14H2,1-6H3,(H,23,26)(H2,22,24,25). The predicted molar refractivity (Wildman–Crippen MR) is 112 cm³/mol. The van der Waals surface area contributed by atoms with Gasteiger partial charge >= 0.3 is 0 Å². The van der Waals surface area contributed by atoms with Gasteiger partial charge in [-0.15, -0.1) is 0 Å². The zero-order valence-electron chi connectivity index (χ0n) is 17.7. The van der Waals surface area contributed by atoms with Crippen LogP contribution in [0.2, 0.25) is 0 Å². The second-order valence-electron chi connectivity index (χ2n) is 7.02. The first-order valence-electron chi connectivity index (χ1n) is 9.93. The van der Waals surface area contributed by atoms with Crippen molar-refractivity contribution in [2.45, 2.75) is 60.6 Å². The molecule has 0 heterocycles. The van der Waals surface area contributed by atoms with Crippen LogP contribution in [-0.4, -0.2) is 37.6 Å². The van der Waals surface area contributed by atoms with Gasteiger partial charge in [-0.3, -0.25) is 4.79 Å². The zero-order valence-corrected chi connectivity index (χ0v) is 17.7. The van der Waals surface area contributed by atoms with E-state index < -0.39 is 0 Å². The Hall–Kier alpha value is -2.24. The van der Waals surface area contributed by atoms with Crippen LogP contribution < -0.4 is 20.7 Å². The van der Waals surface area contributed by atoms with Crippen LogP contribution in [0.3, 0.4) is 0 Å². The number of aliphatic imine (C=N–C) groups is 1. The lowest BCUT2D eigenvalue weighted by Gasteiger charge is -2.17. The number of rotatable bonds is 10. The summed E-state index contributed by atoms with van der Waals surface area (Å²) in [4.78, 5) is 16.3. The summed E-state index contributed by atoms with van der Waals surface area (Å²) in [7, 11) is 0. The molecule has 0 spiro atoms. The van der Waals surface area contributed by atoms with Crippen molar-refractivity contribution >= 4 is 11.9 Å². The van der Waals surface area contributed by atoms with Gasteiger partial charge in [0.1, 0.15) is 5.75 Å². The molecule has 1 aromatic carbocycles. The van der Waals surface area contributed by atoms with E-state index in [1.807, 2.05) is 20.8 Å². The number of benzene rings is 1. The van der Waals surface area contributed by atoms with Crippen LogP contribution in [0.5, 0.6) is 5.75 Å². The molecular formula is C21H36N4O2. The van der Waals surface area contributed by atoms with Gasteiger partial charge in [0.05, 0.1) is 12.6 Å². The van der Waals surface area contributed by atoms with Crippen LogP contribution in [0.25, 0.3) is 0 Å². The molecule has 6 heteroatoms. The third-order valence-corrected chi connectivity index (χ3v) is 4.12. The molecule has 1 unspecified atom stereocenters. The Bertz CT molecular complexity index is 614. The highest BCUT2D eigenvalue weighted by Crippen LogP contribution is 2.23. The zero-order chi connectivity index (χ0) is 20.2. The van der Waals surface area contributed by atoms with Gasteiger partial charge in [-0.05, 0) is 38.8 Å². The average Bonchev–Trinajstić information content (AvgIpc) is 2.63. The molecule has 0 saturated heterocycles. The van der Waals surface area contributed by atoms with Crippen LogP contribution >= 0.6 is 0 Å². The van der Waals surface area contributed by atoms with Crippen LogP contribution in [0, 0.1) is 12.8 Å². The van der Waals surface area contributed by atoms with Crippen LogP contribution in [-0.2, 0) is 11.3 Å². The van der Waals surface area contributed by atoms with Crippen LogP contribution in [0.15, 0.2) is 23.2 Å². The Balaban J connectivity index is 2.70. The molecule has 1 atom stereocenters. The Morgan fingerprint density at radius 1 is 1.11 bits per heavy atom. The van der Waals surface area contributed by atoms with Gasteiger partial charge in [0, 0.05) is 31.1 Å². The van der Waals surface area contributed by atoms with Gasteiger partial charge in [-0.2, -0.15) is 0 Å². The third kappa shape index (κ3) is 8.80. The molecule has 0 aliphatic heterocycles. The number of nitrogens with one attached hydrogen (secondary N) is 3. The minimum Gasteiger partial charge on any atom is -0.490 e. The Morgan fingerprint density at radius 3 is 2.44 bits per heavy atom. The number of carbonyl (C=O) groups excluding carboxylic acids is 1. The van der Waals surface area contributed by atoms with E-state index in [0.717, 1.165) is 30.2 Å². The number of amides is 1. The van der Waals surface area contributed by atoms with E-state index in [4.69, 9.17) is 4.74 Å². The maximum atomic E-state index is 11.6. The largest absolute Gasteiger partial charge is 0.490 e. The van der Waals surface area contributed by atoms with Crippen LogP contribution in [0.1, 0.15) is 52.2 Å². The van der Waals surface area contributed by atoms with Gasteiger partial charge < -0.3 is 20.7 Å². The fourth-order valence-electron chi connectivity index (χ4n) is 2.28. The molecule has 0 aliphatic rings. The average molecular weight is 377 g/mol. The molecule has 0 aliphatic carbocycles.